The average Bonchev–Trinajstić information content (AvgIpc) is 3.28. The minimum atomic E-state index is 0. The molecular weight excluding hydrogens is 381 g/mol. The van der Waals surface area contributed by atoms with Crippen molar-refractivity contribution in [3.05, 3.63) is 76.8 Å². The van der Waals surface area contributed by atoms with Crippen LogP contribution < -0.4 is 0 Å². The maximum absolute atomic E-state index is 9.52. The largest absolute Gasteiger partial charge is 0.457 e. The summed E-state index contributed by atoms with van der Waals surface area (Å²) in [6.07, 6.45) is 1.68. The number of para-hydroxylation sites is 2. The molecule has 1 N–H and O–H groups in total. The Kier molecular flexibility index (Phi) is 5.36. The highest BCUT2D eigenvalue weighted by molar-refractivity contribution is 6.31. The van der Waals surface area contributed by atoms with Gasteiger partial charge in [-0.05, 0) is 42.8 Å². The lowest BCUT2D eigenvalue weighted by Crippen LogP contribution is -1.84. The molecule has 2 heterocycles. The normalized spacial score (nSPS) is 11.2. The fourth-order valence-electron chi connectivity index (χ4n) is 2.71. The van der Waals surface area contributed by atoms with Crippen LogP contribution in [0.1, 0.15) is 17.1 Å². The monoisotopic (exact) mass is 395 g/mol. The van der Waals surface area contributed by atoms with Crippen molar-refractivity contribution in [3.8, 4) is 17.4 Å². The van der Waals surface area contributed by atoms with Crippen LogP contribution in [0.5, 0.6) is 0 Å². The molecule has 0 fully saturated rings. The smallest absolute Gasteiger partial charge is 0.149 e. The van der Waals surface area contributed by atoms with Crippen LogP contribution in [-0.4, -0.2) is 9.97 Å². The first-order chi connectivity index (χ1) is 12.6. The molecule has 0 saturated carbocycles. The Balaban J connectivity index is 0.00000210. The van der Waals surface area contributed by atoms with E-state index in [-0.39, 0.29) is 12.4 Å². The highest BCUT2D eigenvalue weighted by Crippen LogP contribution is 2.28. The van der Waals surface area contributed by atoms with Crippen LogP contribution in [0, 0.1) is 18.3 Å². The molecule has 0 aliphatic rings. The van der Waals surface area contributed by atoms with Crippen molar-refractivity contribution in [1.82, 2.24) is 9.97 Å². The number of halogens is 2. The molecule has 0 amide bonds. The van der Waals surface area contributed by atoms with Gasteiger partial charge in [0.15, 0.2) is 0 Å². The molecule has 4 nitrogen and oxygen atoms in total. The number of aromatic amines is 1. The summed E-state index contributed by atoms with van der Waals surface area (Å²) in [5.74, 6) is 1.79. The quantitative estimate of drug-likeness (QED) is 0.415. The zero-order valence-corrected chi connectivity index (χ0v) is 15.9. The second-order valence-corrected chi connectivity index (χ2v) is 6.35. The fourth-order valence-corrected chi connectivity index (χ4v) is 2.89. The van der Waals surface area contributed by atoms with Crippen LogP contribution in [0.4, 0.5) is 0 Å². The van der Waals surface area contributed by atoms with Gasteiger partial charge in [-0.3, -0.25) is 0 Å². The number of hydrogen-bond donors (Lipinski definition) is 1. The van der Waals surface area contributed by atoms with Gasteiger partial charge in [-0.1, -0.05) is 35.9 Å². The number of aromatic nitrogens is 2. The van der Waals surface area contributed by atoms with Gasteiger partial charge >= 0.3 is 0 Å². The van der Waals surface area contributed by atoms with E-state index in [1.54, 1.807) is 6.08 Å². The summed E-state index contributed by atoms with van der Waals surface area (Å²) in [6.45, 7) is 1.95. The first-order valence-electron chi connectivity index (χ1n) is 8.07. The van der Waals surface area contributed by atoms with Crippen molar-refractivity contribution in [2.45, 2.75) is 6.92 Å². The number of allylic oxidation sites excluding steroid dienone is 1. The third kappa shape index (κ3) is 3.75. The number of furan rings is 1. The third-order valence-corrected chi connectivity index (χ3v) is 4.54. The van der Waals surface area contributed by atoms with Crippen molar-refractivity contribution in [3.63, 3.8) is 0 Å². The van der Waals surface area contributed by atoms with E-state index in [0.717, 1.165) is 22.2 Å². The van der Waals surface area contributed by atoms with E-state index in [1.165, 1.54) is 0 Å². The SMILES string of the molecule is Cc1ccc(-c2ccc(/C=C(\C#N)c3nc4ccccc4[nH]3)o2)cc1Cl.Cl. The third-order valence-electron chi connectivity index (χ3n) is 4.13. The van der Waals surface area contributed by atoms with Crippen molar-refractivity contribution < 1.29 is 4.42 Å². The van der Waals surface area contributed by atoms with Crippen LogP contribution >= 0.6 is 24.0 Å². The Morgan fingerprint density at radius 1 is 1.19 bits per heavy atom. The summed E-state index contributed by atoms with van der Waals surface area (Å²) >= 11 is 6.19. The lowest BCUT2D eigenvalue weighted by atomic mass is 10.1. The van der Waals surface area contributed by atoms with Crippen molar-refractivity contribution >= 4 is 46.7 Å². The molecule has 0 bridgehead atoms. The number of benzene rings is 2. The number of nitriles is 1. The molecule has 134 valence electrons. The van der Waals surface area contributed by atoms with E-state index >= 15 is 0 Å². The van der Waals surface area contributed by atoms with Gasteiger partial charge in [0.25, 0.3) is 0 Å². The Morgan fingerprint density at radius 3 is 2.74 bits per heavy atom. The Hall–Kier alpha value is -3.00. The van der Waals surface area contributed by atoms with Gasteiger partial charge in [0.2, 0.25) is 0 Å². The topological polar surface area (TPSA) is 65.6 Å². The zero-order chi connectivity index (χ0) is 18.1. The van der Waals surface area contributed by atoms with Gasteiger partial charge < -0.3 is 9.40 Å². The van der Waals surface area contributed by atoms with Crippen LogP contribution in [-0.2, 0) is 0 Å². The van der Waals surface area contributed by atoms with Crippen LogP contribution in [0.2, 0.25) is 5.02 Å². The predicted molar refractivity (Wildman–Crippen MR) is 111 cm³/mol. The minimum Gasteiger partial charge on any atom is -0.457 e. The highest BCUT2D eigenvalue weighted by Gasteiger charge is 2.10. The van der Waals surface area contributed by atoms with Gasteiger partial charge in [0, 0.05) is 16.7 Å². The van der Waals surface area contributed by atoms with Crippen molar-refractivity contribution in [2.75, 3.05) is 0 Å². The molecule has 2 aromatic carbocycles. The summed E-state index contributed by atoms with van der Waals surface area (Å²) < 4.78 is 5.86. The standard InChI is InChI=1S/C21H14ClN3O.ClH/c1-13-6-7-14(11-17(13)22)20-9-8-16(26-20)10-15(12-23)21-24-18-4-2-3-5-19(18)25-21;/h2-11H,1H3,(H,24,25);1H/b15-10+;. The Morgan fingerprint density at radius 2 is 2.00 bits per heavy atom. The molecule has 0 unspecified atom stereocenters. The summed E-state index contributed by atoms with van der Waals surface area (Å²) in [5, 5.41) is 10.2. The highest BCUT2D eigenvalue weighted by atomic mass is 35.5. The lowest BCUT2D eigenvalue weighted by Gasteiger charge is -2.00. The van der Waals surface area contributed by atoms with Crippen LogP contribution in [0.3, 0.4) is 0 Å². The molecule has 2 aromatic heterocycles. The minimum absolute atomic E-state index is 0. The number of imidazole rings is 1. The summed E-state index contributed by atoms with van der Waals surface area (Å²) in [5.41, 5.74) is 4.02. The van der Waals surface area contributed by atoms with Crippen molar-refractivity contribution in [2.24, 2.45) is 0 Å². The molecule has 27 heavy (non-hydrogen) atoms. The maximum atomic E-state index is 9.52. The van der Waals surface area contributed by atoms with E-state index in [2.05, 4.69) is 16.0 Å². The molecule has 0 saturated heterocycles. The first-order valence-corrected chi connectivity index (χ1v) is 8.45. The molecule has 0 spiro atoms. The number of nitrogens with one attached hydrogen (secondary N) is 1. The van der Waals surface area contributed by atoms with Gasteiger partial charge in [0.05, 0.1) is 16.6 Å². The van der Waals surface area contributed by atoms with Crippen molar-refractivity contribution in [1.29, 1.82) is 5.26 Å². The second kappa shape index (κ2) is 7.71. The Bertz CT molecular complexity index is 1150. The molecule has 4 aromatic rings. The second-order valence-electron chi connectivity index (χ2n) is 5.94. The maximum Gasteiger partial charge on any atom is 0.149 e. The molecule has 4 rings (SSSR count). The van der Waals surface area contributed by atoms with Gasteiger partial charge in [-0.15, -0.1) is 12.4 Å². The molecule has 6 heteroatoms. The molecule has 0 aliphatic heterocycles. The van der Waals surface area contributed by atoms with E-state index in [9.17, 15) is 5.26 Å². The molecule has 0 atom stereocenters. The molecule has 0 radical (unpaired) electrons. The van der Waals surface area contributed by atoms with E-state index in [4.69, 9.17) is 16.0 Å². The summed E-state index contributed by atoms with van der Waals surface area (Å²) in [4.78, 5) is 7.62. The van der Waals surface area contributed by atoms with Gasteiger partial charge in [-0.2, -0.15) is 5.26 Å². The number of hydrogen-bond acceptors (Lipinski definition) is 3. The number of aryl methyl sites for hydroxylation is 1. The summed E-state index contributed by atoms with van der Waals surface area (Å²) in [6, 6.07) is 19.3. The van der Waals surface area contributed by atoms with E-state index < -0.39 is 0 Å². The number of nitrogens with zero attached hydrogens (tertiary/aromatic N) is 2. The first kappa shape index (κ1) is 18.8. The van der Waals surface area contributed by atoms with Gasteiger partial charge in [0.1, 0.15) is 23.4 Å². The van der Waals surface area contributed by atoms with E-state index in [1.807, 2.05) is 61.5 Å². The summed E-state index contributed by atoms with van der Waals surface area (Å²) in [7, 11) is 0. The Labute approximate surface area is 167 Å². The average molecular weight is 396 g/mol. The van der Waals surface area contributed by atoms with Gasteiger partial charge in [-0.25, -0.2) is 4.98 Å². The van der Waals surface area contributed by atoms with Crippen LogP contribution in [0.25, 0.3) is 34.0 Å². The van der Waals surface area contributed by atoms with E-state index in [0.29, 0.717) is 27.9 Å². The predicted octanol–water partition coefficient (Wildman–Crippen LogP) is 6.27. The van der Waals surface area contributed by atoms with Crippen LogP contribution in [0.15, 0.2) is 59.0 Å². The zero-order valence-electron chi connectivity index (χ0n) is 14.4. The number of fused-ring (bicyclic) bond motifs is 1. The number of rotatable bonds is 3. The fraction of sp³-hybridized carbons (Fsp3) is 0.0476. The lowest BCUT2D eigenvalue weighted by molar-refractivity contribution is 0.572. The number of H-pyrrole nitrogens is 1. The molecule has 0 aliphatic carbocycles. The molecular formula is C21H15Cl2N3O.